The Morgan fingerprint density at radius 2 is 2.16 bits per heavy atom. The third-order valence-electron chi connectivity index (χ3n) is 4.06. The molecule has 3 heteroatoms. The Kier molecular flexibility index (Phi) is 4.48. The number of likely N-dealkylation sites (N-methyl/N-ethyl adjacent to an activating group) is 1. The largest absolute Gasteiger partial charge is 0.497 e. The van der Waals surface area contributed by atoms with Gasteiger partial charge in [-0.05, 0) is 49.1 Å². The molecule has 0 saturated heterocycles. The third kappa shape index (κ3) is 3.10. The van der Waals surface area contributed by atoms with Gasteiger partial charge in [0.1, 0.15) is 5.75 Å². The Bertz CT molecular complexity index is 431. The highest BCUT2D eigenvalue weighted by Gasteiger charge is 2.29. The molecule has 106 valence electrons. The van der Waals surface area contributed by atoms with Crippen LogP contribution in [0.3, 0.4) is 0 Å². The van der Waals surface area contributed by atoms with Crippen molar-refractivity contribution in [1.29, 1.82) is 0 Å². The van der Waals surface area contributed by atoms with Crippen LogP contribution in [-0.4, -0.2) is 31.6 Å². The standard InChI is InChI=1S/C16H26N2O/c1-11(2)10-18(3)15-8-6-12-5-7-13(19-4)9-14(12)16(15)17/h5,7,9,11,15-16H,6,8,10,17H2,1-4H3. The number of hydrogen-bond donors (Lipinski definition) is 1. The number of methoxy groups -OCH3 is 1. The van der Waals surface area contributed by atoms with Crippen molar-refractivity contribution < 1.29 is 4.74 Å². The molecule has 0 radical (unpaired) electrons. The molecule has 0 spiro atoms. The highest BCUT2D eigenvalue weighted by molar-refractivity contribution is 5.40. The smallest absolute Gasteiger partial charge is 0.119 e. The van der Waals surface area contributed by atoms with Crippen molar-refractivity contribution in [1.82, 2.24) is 4.90 Å². The Morgan fingerprint density at radius 1 is 1.42 bits per heavy atom. The second-order valence-corrected chi connectivity index (χ2v) is 6.03. The van der Waals surface area contributed by atoms with Crippen molar-refractivity contribution >= 4 is 0 Å². The van der Waals surface area contributed by atoms with Crippen LogP contribution in [0.25, 0.3) is 0 Å². The predicted octanol–water partition coefficient (Wildman–Crippen LogP) is 2.60. The Hall–Kier alpha value is -1.06. The molecular weight excluding hydrogens is 236 g/mol. The van der Waals surface area contributed by atoms with Gasteiger partial charge in [-0.1, -0.05) is 19.9 Å². The number of benzene rings is 1. The van der Waals surface area contributed by atoms with E-state index in [1.54, 1.807) is 7.11 Å². The summed E-state index contributed by atoms with van der Waals surface area (Å²) >= 11 is 0. The predicted molar refractivity (Wildman–Crippen MR) is 79.5 cm³/mol. The fourth-order valence-corrected chi connectivity index (χ4v) is 3.13. The minimum Gasteiger partial charge on any atom is -0.497 e. The lowest BCUT2D eigenvalue weighted by Crippen LogP contribution is -2.44. The van der Waals surface area contributed by atoms with E-state index >= 15 is 0 Å². The Balaban J connectivity index is 2.20. The molecule has 2 unspecified atom stereocenters. The maximum atomic E-state index is 6.49. The van der Waals surface area contributed by atoms with E-state index in [1.165, 1.54) is 11.1 Å². The van der Waals surface area contributed by atoms with Gasteiger partial charge in [0.05, 0.1) is 7.11 Å². The molecule has 0 amide bonds. The van der Waals surface area contributed by atoms with Crippen molar-refractivity contribution in [2.45, 2.75) is 38.8 Å². The average Bonchev–Trinajstić information content (AvgIpc) is 2.38. The maximum Gasteiger partial charge on any atom is 0.119 e. The van der Waals surface area contributed by atoms with Crippen LogP contribution in [0.5, 0.6) is 5.75 Å². The summed E-state index contributed by atoms with van der Waals surface area (Å²) in [5.74, 6) is 1.57. The molecule has 3 nitrogen and oxygen atoms in total. The number of rotatable bonds is 4. The van der Waals surface area contributed by atoms with E-state index in [0.717, 1.165) is 25.1 Å². The first kappa shape index (κ1) is 14.4. The first-order valence-corrected chi connectivity index (χ1v) is 7.15. The third-order valence-corrected chi connectivity index (χ3v) is 4.06. The summed E-state index contributed by atoms with van der Waals surface area (Å²) in [6.07, 6.45) is 2.25. The summed E-state index contributed by atoms with van der Waals surface area (Å²) in [4.78, 5) is 2.41. The van der Waals surface area contributed by atoms with Crippen LogP contribution in [0, 0.1) is 5.92 Å². The van der Waals surface area contributed by atoms with Crippen LogP contribution in [0.4, 0.5) is 0 Å². The number of ether oxygens (including phenoxy) is 1. The van der Waals surface area contributed by atoms with Gasteiger partial charge in [-0.15, -0.1) is 0 Å². The summed E-state index contributed by atoms with van der Waals surface area (Å²) in [7, 11) is 3.90. The minimum absolute atomic E-state index is 0.0857. The van der Waals surface area contributed by atoms with Gasteiger partial charge in [0.15, 0.2) is 0 Å². The number of fused-ring (bicyclic) bond motifs is 1. The van der Waals surface area contributed by atoms with Crippen molar-refractivity contribution in [2.24, 2.45) is 11.7 Å². The number of nitrogens with zero attached hydrogens (tertiary/aromatic N) is 1. The lowest BCUT2D eigenvalue weighted by molar-refractivity contribution is 0.173. The van der Waals surface area contributed by atoms with E-state index in [1.807, 2.05) is 6.07 Å². The number of aryl methyl sites for hydroxylation is 1. The van der Waals surface area contributed by atoms with E-state index in [-0.39, 0.29) is 6.04 Å². The zero-order valence-corrected chi connectivity index (χ0v) is 12.5. The molecular formula is C16H26N2O. The van der Waals surface area contributed by atoms with Crippen molar-refractivity contribution in [3.63, 3.8) is 0 Å². The second kappa shape index (κ2) is 5.93. The summed E-state index contributed by atoms with van der Waals surface area (Å²) in [5, 5.41) is 0. The minimum atomic E-state index is 0.0857. The Labute approximate surface area is 116 Å². The summed E-state index contributed by atoms with van der Waals surface area (Å²) in [6.45, 7) is 5.60. The quantitative estimate of drug-likeness (QED) is 0.906. The molecule has 2 rings (SSSR count). The highest BCUT2D eigenvalue weighted by atomic mass is 16.5. The molecule has 0 aromatic heterocycles. The van der Waals surface area contributed by atoms with Crippen LogP contribution in [-0.2, 0) is 6.42 Å². The monoisotopic (exact) mass is 262 g/mol. The molecule has 1 aromatic carbocycles. The average molecular weight is 262 g/mol. The SMILES string of the molecule is COc1ccc2c(c1)C(N)C(N(C)CC(C)C)CC2. The van der Waals surface area contributed by atoms with Crippen LogP contribution < -0.4 is 10.5 Å². The molecule has 2 atom stereocenters. The molecule has 2 N–H and O–H groups in total. The lowest BCUT2D eigenvalue weighted by Gasteiger charge is -2.38. The fraction of sp³-hybridized carbons (Fsp3) is 0.625. The molecule has 19 heavy (non-hydrogen) atoms. The van der Waals surface area contributed by atoms with Crippen molar-refractivity contribution in [3.05, 3.63) is 29.3 Å². The zero-order valence-electron chi connectivity index (χ0n) is 12.5. The first-order valence-electron chi connectivity index (χ1n) is 7.15. The van der Waals surface area contributed by atoms with Gasteiger partial charge in [-0.3, -0.25) is 0 Å². The van der Waals surface area contributed by atoms with Crippen LogP contribution in [0.15, 0.2) is 18.2 Å². The zero-order chi connectivity index (χ0) is 14.0. The van der Waals surface area contributed by atoms with E-state index < -0.39 is 0 Å². The maximum absolute atomic E-state index is 6.49. The molecule has 0 heterocycles. The second-order valence-electron chi connectivity index (χ2n) is 6.03. The highest BCUT2D eigenvalue weighted by Crippen LogP contribution is 2.33. The van der Waals surface area contributed by atoms with Crippen LogP contribution >= 0.6 is 0 Å². The van der Waals surface area contributed by atoms with Gasteiger partial charge in [0, 0.05) is 18.6 Å². The van der Waals surface area contributed by atoms with E-state index in [4.69, 9.17) is 10.5 Å². The van der Waals surface area contributed by atoms with Gasteiger partial charge >= 0.3 is 0 Å². The van der Waals surface area contributed by atoms with E-state index in [9.17, 15) is 0 Å². The van der Waals surface area contributed by atoms with Gasteiger partial charge in [-0.2, -0.15) is 0 Å². The molecule has 1 aliphatic rings. The van der Waals surface area contributed by atoms with E-state index in [0.29, 0.717) is 12.0 Å². The number of hydrogen-bond acceptors (Lipinski definition) is 3. The molecule has 0 saturated carbocycles. The molecule has 1 aliphatic carbocycles. The van der Waals surface area contributed by atoms with Crippen molar-refractivity contribution in [3.8, 4) is 5.75 Å². The Morgan fingerprint density at radius 3 is 2.79 bits per heavy atom. The lowest BCUT2D eigenvalue weighted by atomic mass is 9.83. The van der Waals surface area contributed by atoms with E-state index in [2.05, 4.69) is 37.9 Å². The van der Waals surface area contributed by atoms with Crippen molar-refractivity contribution in [2.75, 3.05) is 20.7 Å². The molecule has 0 fully saturated rings. The molecule has 0 bridgehead atoms. The van der Waals surface area contributed by atoms with Gasteiger partial charge < -0.3 is 15.4 Å². The van der Waals surface area contributed by atoms with Gasteiger partial charge in [-0.25, -0.2) is 0 Å². The molecule has 0 aliphatic heterocycles. The summed E-state index contributed by atoms with van der Waals surface area (Å²) < 4.78 is 5.32. The summed E-state index contributed by atoms with van der Waals surface area (Å²) in [5.41, 5.74) is 9.13. The first-order chi connectivity index (χ1) is 9.02. The topological polar surface area (TPSA) is 38.5 Å². The molecule has 1 aromatic rings. The summed E-state index contributed by atoms with van der Waals surface area (Å²) in [6, 6.07) is 6.82. The van der Waals surface area contributed by atoms with Gasteiger partial charge in [0.25, 0.3) is 0 Å². The fourth-order valence-electron chi connectivity index (χ4n) is 3.13. The van der Waals surface area contributed by atoms with Gasteiger partial charge in [0.2, 0.25) is 0 Å². The van der Waals surface area contributed by atoms with Crippen LogP contribution in [0.2, 0.25) is 0 Å². The number of nitrogens with two attached hydrogens (primary N) is 1. The normalized spacial score (nSPS) is 22.7. The van der Waals surface area contributed by atoms with Crippen LogP contribution in [0.1, 0.15) is 37.4 Å².